The van der Waals surface area contributed by atoms with Crippen molar-refractivity contribution in [2.45, 2.75) is 13.5 Å². The largest absolute Gasteiger partial charge is 0.399 e. The summed E-state index contributed by atoms with van der Waals surface area (Å²) >= 11 is 0. The monoisotopic (exact) mass is 254 g/mol. The molecule has 2 aromatic rings. The molecule has 0 heterocycles. The second-order valence-corrected chi connectivity index (χ2v) is 4.78. The van der Waals surface area contributed by atoms with Gasteiger partial charge in [0.25, 0.3) is 5.91 Å². The average molecular weight is 254 g/mol. The summed E-state index contributed by atoms with van der Waals surface area (Å²) in [7, 11) is 1.80. The zero-order valence-electron chi connectivity index (χ0n) is 11.3. The van der Waals surface area contributed by atoms with E-state index in [0.717, 1.165) is 11.1 Å². The van der Waals surface area contributed by atoms with E-state index in [1.165, 1.54) is 0 Å². The molecule has 0 radical (unpaired) electrons. The van der Waals surface area contributed by atoms with Crippen molar-refractivity contribution in [2.75, 3.05) is 12.8 Å². The van der Waals surface area contributed by atoms with Crippen molar-refractivity contribution in [2.24, 2.45) is 0 Å². The number of nitrogens with two attached hydrogens (primary N) is 1. The van der Waals surface area contributed by atoms with E-state index in [-0.39, 0.29) is 5.91 Å². The van der Waals surface area contributed by atoms with E-state index in [1.807, 2.05) is 55.5 Å². The highest BCUT2D eigenvalue weighted by molar-refractivity contribution is 5.94. The highest BCUT2D eigenvalue weighted by Crippen LogP contribution is 2.12. The van der Waals surface area contributed by atoms with Crippen LogP contribution in [0.25, 0.3) is 0 Å². The third-order valence-electron chi connectivity index (χ3n) is 2.98. The maximum atomic E-state index is 12.3. The Hall–Kier alpha value is -2.29. The Morgan fingerprint density at radius 3 is 2.58 bits per heavy atom. The van der Waals surface area contributed by atoms with Gasteiger partial charge in [-0.1, -0.05) is 29.8 Å². The Morgan fingerprint density at radius 2 is 1.89 bits per heavy atom. The number of carbonyl (C=O) groups is 1. The molecule has 2 rings (SSSR count). The van der Waals surface area contributed by atoms with Crippen LogP contribution in [0, 0.1) is 6.92 Å². The Kier molecular flexibility index (Phi) is 3.85. The molecule has 2 N–H and O–H groups in total. The number of aryl methyl sites for hydroxylation is 1. The normalized spacial score (nSPS) is 10.2. The van der Waals surface area contributed by atoms with Crippen LogP contribution in [0.3, 0.4) is 0 Å². The van der Waals surface area contributed by atoms with E-state index in [9.17, 15) is 4.79 Å². The van der Waals surface area contributed by atoms with Crippen molar-refractivity contribution in [3.63, 3.8) is 0 Å². The molecule has 0 aliphatic carbocycles. The Bertz CT molecular complexity index is 593. The summed E-state index contributed by atoms with van der Waals surface area (Å²) in [5.41, 5.74) is 9.29. The number of hydrogen-bond donors (Lipinski definition) is 1. The maximum absolute atomic E-state index is 12.3. The van der Waals surface area contributed by atoms with Gasteiger partial charge in [0.15, 0.2) is 0 Å². The Morgan fingerprint density at radius 1 is 1.16 bits per heavy atom. The molecule has 0 fully saturated rings. The predicted molar refractivity (Wildman–Crippen MR) is 77.8 cm³/mol. The van der Waals surface area contributed by atoms with E-state index in [0.29, 0.717) is 17.8 Å². The summed E-state index contributed by atoms with van der Waals surface area (Å²) < 4.78 is 0. The smallest absolute Gasteiger partial charge is 0.253 e. The summed E-state index contributed by atoms with van der Waals surface area (Å²) in [6.07, 6.45) is 0. The van der Waals surface area contributed by atoms with Crippen LogP contribution >= 0.6 is 0 Å². The second kappa shape index (κ2) is 5.57. The van der Waals surface area contributed by atoms with E-state index in [4.69, 9.17) is 5.73 Å². The number of benzene rings is 2. The Labute approximate surface area is 113 Å². The molecule has 0 aromatic heterocycles. The molecule has 0 spiro atoms. The molecular formula is C16H18N2O. The van der Waals surface area contributed by atoms with Crippen molar-refractivity contribution in [1.82, 2.24) is 4.90 Å². The zero-order chi connectivity index (χ0) is 13.8. The van der Waals surface area contributed by atoms with E-state index < -0.39 is 0 Å². The first kappa shape index (κ1) is 13.1. The van der Waals surface area contributed by atoms with Crippen LogP contribution in [-0.2, 0) is 6.54 Å². The predicted octanol–water partition coefficient (Wildman–Crippen LogP) is 2.85. The summed E-state index contributed by atoms with van der Waals surface area (Å²) in [4.78, 5) is 14.0. The van der Waals surface area contributed by atoms with Crippen molar-refractivity contribution in [1.29, 1.82) is 0 Å². The molecule has 0 atom stereocenters. The lowest BCUT2D eigenvalue weighted by atomic mass is 10.1. The van der Waals surface area contributed by atoms with Crippen LogP contribution in [0.15, 0.2) is 48.5 Å². The molecule has 0 aliphatic rings. The highest BCUT2D eigenvalue weighted by atomic mass is 16.2. The lowest BCUT2D eigenvalue weighted by molar-refractivity contribution is 0.0785. The van der Waals surface area contributed by atoms with Crippen LogP contribution in [0.1, 0.15) is 21.5 Å². The van der Waals surface area contributed by atoms with Crippen molar-refractivity contribution >= 4 is 11.6 Å². The highest BCUT2D eigenvalue weighted by Gasteiger charge is 2.11. The standard InChI is InChI=1S/C16H18N2O/c1-12-5-3-7-14(9-12)16(19)18(2)11-13-6-4-8-15(17)10-13/h3-10H,11,17H2,1-2H3. The zero-order valence-corrected chi connectivity index (χ0v) is 11.3. The van der Waals surface area contributed by atoms with Gasteiger partial charge in [-0.05, 0) is 36.8 Å². The first-order valence-corrected chi connectivity index (χ1v) is 6.23. The number of hydrogen-bond acceptors (Lipinski definition) is 2. The lowest BCUT2D eigenvalue weighted by Crippen LogP contribution is -2.26. The Balaban J connectivity index is 2.12. The molecule has 1 amide bonds. The van der Waals surface area contributed by atoms with Gasteiger partial charge in [0.1, 0.15) is 0 Å². The molecule has 0 bridgehead atoms. The molecule has 0 saturated heterocycles. The minimum atomic E-state index is 0.0196. The number of amides is 1. The number of nitrogens with zero attached hydrogens (tertiary/aromatic N) is 1. The average Bonchev–Trinajstić information content (AvgIpc) is 2.38. The minimum Gasteiger partial charge on any atom is -0.399 e. The van der Waals surface area contributed by atoms with Crippen molar-refractivity contribution in [3.8, 4) is 0 Å². The van der Waals surface area contributed by atoms with Gasteiger partial charge in [0.05, 0.1) is 0 Å². The van der Waals surface area contributed by atoms with Crippen LogP contribution in [0.5, 0.6) is 0 Å². The van der Waals surface area contributed by atoms with Gasteiger partial charge in [0, 0.05) is 24.8 Å². The quantitative estimate of drug-likeness (QED) is 0.856. The van der Waals surface area contributed by atoms with E-state index in [2.05, 4.69) is 0 Å². The van der Waals surface area contributed by atoms with E-state index >= 15 is 0 Å². The second-order valence-electron chi connectivity index (χ2n) is 4.78. The van der Waals surface area contributed by atoms with E-state index in [1.54, 1.807) is 11.9 Å². The summed E-state index contributed by atoms with van der Waals surface area (Å²) in [6.45, 7) is 2.53. The van der Waals surface area contributed by atoms with Gasteiger partial charge in [-0.25, -0.2) is 0 Å². The molecular weight excluding hydrogens is 236 g/mol. The molecule has 0 saturated carbocycles. The van der Waals surface area contributed by atoms with Crippen LogP contribution in [0.2, 0.25) is 0 Å². The van der Waals surface area contributed by atoms with Gasteiger partial charge < -0.3 is 10.6 Å². The molecule has 19 heavy (non-hydrogen) atoms. The molecule has 98 valence electrons. The fourth-order valence-electron chi connectivity index (χ4n) is 2.04. The maximum Gasteiger partial charge on any atom is 0.253 e. The third-order valence-corrected chi connectivity index (χ3v) is 2.98. The first-order chi connectivity index (χ1) is 9.06. The molecule has 2 aromatic carbocycles. The van der Waals surface area contributed by atoms with Gasteiger partial charge >= 0.3 is 0 Å². The van der Waals surface area contributed by atoms with Crippen molar-refractivity contribution < 1.29 is 4.79 Å². The molecule has 3 nitrogen and oxygen atoms in total. The van der Waals surface area contributed by atoms with Crippen molar-refractivity contribution in [3.05, 3.63) is 65.2 Å². The van der Waals surface area contributed by atoms with Crippen LogP contribution < -0.4 is 5.73 Å². The van der Waals surface area contributed by atoms with Gasteiger partial charge in [-0.3, -0.25) is 4.79 Å². The lowest BCUT2D eigenvalue weighted by Gasteiger charge is -2.17. The van der Waals surface area contributed by atoms with Gasteiger partial charge in [-0.2, -0.15) is 0 Å². The fourth-order valence-corrected chi connectivity index (χ4v) is 2.04. The molecule has 3 heteroatoms. The molecule has 0 aliphatic heterocycles. The topological polar surface area (TPSA) is 46.3 Å². The third kappa shape index (κ3) is 3.35. The number of nitrogen functional groups attached to an aromatic ring is 1. The minimum absolute atomic E-state index is 0.0196. The summed E-state index contributed by atoms with van der Waals surface area (Å²) in [5.74, 6) is 0.0196. The fraction of sp³-hybridized carbons (Fsp3) is 0.188. The number of rotatable bonds is 3. The van der Waals surface area contributed by atoms with Gasteiger partial charge in [-0.15, -0.1) is 0 Å². The summed E-state index contributed by atoms with van der Waals surface area (Å²) in [6, 6.07) is 15.2. The van der Waals surface area contributed by atoms with Crippen LogP contribution in [0.4, 0.5) is 5.69 Å². The number of carbonyl (C=O) groups excluding carboxylic acids is 1. The molecule has 0 unspecified atom stereocenters. The SMILES string of the molecule is Cc1cccc(C(=O)N(C)Cc2cccc(N)c2)c1. The first-order valence-electron chi connectivity index (χ1n) is 6.23. The summed E-state index contributed by atoms with van der Waals surface area (Å²) in [5, 5.41) is 0. The van der Waals surface area contributed by atoms with Gasteiger partial charge in [0.2, 0.25) is 0 Å². The number of anilines is 1. The van der Waals surface area contributed by atoms with Crippen LogP contribution in [-0.4, -0.2) is 17.9 Å².